The second-order valence-electron chi connectivity index (χ2n) is 7.35. The van der Waals surface area contributed by atoms with Crippen LogP contribution in [0.25, 0.3) is 0 Å². The molecule has 0 bridgehead atoms. The Morgan fingerprint density at radius 2 is 2.16 bits per heavy atom. The van der Waals surface area contributed by atoms with Gasteiger partial charge in [-0.1, -0.05) is 11.6 Å². The van der Waals surface area contributed by atoms with Gasteiger partial charge in [0.25, 0.3) is 5.91 Å². The highest BCUT2D eigenvalue weighted by atomic mass is 35.5. The fraction of sp³-hybridized carbons (Fsp3) is 0.611. The summed E-state index contributed by atoms with van der Waals surface area (Å²) in [7, 11) is 0. The predicted octanol–water partition coefficient (Wildman–Crippen LogP) is 3.50. The molecule has 1 saturated heterocycles. The average molecular weight is 368 g/mol. The smallest absolute Gasteiger partial charge is 0.410 e. The van der Waals surface area contributed by atoms with E-state index < -0.39 is 5.60 Å². The van der Waals surface area contributed by atoms with Crippen molar-refractivity contribution in [2.45, 2.75) is 45.6 Å². The van der Waals surface area contributed by atoms with E-state index in [1.165, 1.54) is 6.20 Å². The lowest BCUT2D eigenvalue weighted by Gasteiger charge is -2.34. The van der Waals surface area contributed by atoms with Gasteiger partial charge >= 0.3 is 6.09 Å². The van der Waals surface area contributed by atoms with Crippen molar-refractivity contribution in [1.29, 1.82) is 0 Å². The molecule has 2 rings (SSSR count). The number of hydrogen-bond acceptors (Lipinski definition) is 4. The highest BCUT2D eigenvalue weighted by molar-refractivity contribution is 6.29. The number of pyridine rings is 1. The second kappa shape index (κ2) is 8.52. The monoisotopic (exact) mass is 367 g/mol. The molecule has 1 fully saturated rings. The molecule has 0 aliphatic carbocycles. The molecule has 138 valence electrons. The molecule has 1 atom stereocenters. The van der Waals surface area contributed by atoms with E-state index >= 15 is 0 Å². The Morgan fingerprint density at radius 3 is 2.80 bits per heavy atom. The maximum absolute atomic E-state index is 12.2. The van der Waals surface area contributed by atoms with Gasteiger partial charge in [0.1, 0.15) is 10.8 Å². The van der Waals surface area contributed by atoms with Gasteiger partial charge in [-0.15, -0.1) is 0 Å². The van der Waals surface area contributed by atoms with E-state index in [0.29, 0.717) is 29.7 Å². The number of piperidine rings is 1. The second-order valence-corrected chi connectivity index (χ2v) is 7.74. The Balaban J connectivity index is 1.76. The summed E-state index contributed by atoms with van der Waals surface area (Å²) in [5.41, 5.74) is 0.00775. The molecule has 0 spiro atoms. The van der Waals surface area contributed by atoms with Gasteiger partial charge in [-0.3, -0.25) is 4.79 Å². The van der Waals surface area contributed by atoms with Crippen LogP contribution in [0.4, 0.5) is 4.79 Å². The average Bonchev–Trinajstić information content (AvgIpc) is 2.54. The molecule has 0 aromatic carbocycles. The van der Waals surface area contributed by atoms with E-state index in [1.807, 2.05) is 20.8 Å². The molecule has 1 unspecified atom stereocenters. The van der Waals surface area contributed by atoms with E-state index in [2.05, 4.69) is 10.3 Å². The van der Waals surface area contributed by atoms with Gasteiger partial charge in [-0.2, -0.15) is 0 Å². The standard InChI is InChI=1S/C18H26ClN3O3/c1-18(2,3)25-17(24)22-10-4-5-13(12-22)8-9-20-16(23)14-6-7-15(19)21-11-14/h6-7,11,13H,4-5,8-10,12H2,1-3H3,(H,20,23). The molecule has 25 heavy (non-hydrogen) atoms. The van der Waals surface area contributed by atoms with Crippen molar-refractivity contribution >= 4 is 23.6 Å². The number of amides is 2. The largest absolute Gasteiger partial charge is 0.444 e. The van der Waals surface area contributed by atoms with Gasteiger partial charge in [-0.05, 0) is 58.1 Å². The van der Waals surface area contributed by atoms with Crippen molar-refractivity contribution in [3.8, 4) is 0 Å². The molecule has 6 nitrogen and oxygen atoms in total. The lowest BCUT2D eigenvalue weighted by atomic mass is 9.95. The summed E-state index contributed by atoms with van der Waals surface area (Å²) >= 11 is 5.72. The zero-order valence-corrected chi connectivity index (χ0v) is 15.8. The molecule has 2 amide bonds. The van der Waals surface area contributed by atoms with Crippen molar-refractivity contribution < 1.29 is 14.3 Å². The van der Waals surface area contributed by atoms with Gasteiger partial charge in [0, 0.05) is 25.8 Å². The van der Waals surface area contributed by atoms with Crippen LogP contribution in [0.15, 0.2) is 18.3 Å². The summed E-state index contributed by atoms with van der Waals surface area (Å²) in [5, 5.41) is 3.25. The number of nitrogens with zero attached hydrogens (tertiary/aromatic N) is 2. The van der Waals surface area contributed by atoms with Crippen LogP contribution in [0.5, 0.6) is 0 Å². The summed E-state index contributed by atoms with van der Waals surface area (Å²) in [5.74, 6) is 0.203. The highest BCUT2D eigenvalue weighted by Crippen LogP contribution is 2.21. The number of aromatic nitrogens is 1. The Bertz CT molecular complexity index is 599. The number of likely N-dealkylation sites (tertiary alicyclic amines) is 1. The summed E-state index contributed by atoms with van der Waals surface area (Å²) < 4.78 is 5.44. The Hall–Kier alpha value is -1.82. The molecule has 1 aromatic rings. The summed E-state index contributed by atoms with van der Waals surface area (Å²) in [4.78, 5) is 29.9. The zero-order valence-electron chi connectivity index (χ0n) is 15.0. The highest BCUT2D eigenvalue weighted by Gasteiger charge is 2.27. The van der Waals surface area contributed by atoms with Crippen LogP contribution < -0.4 is 5.32 Å². The fourth-order valence-electron chi connectivity index (χ4n) is 2.80. The van der Waals surface area contributed by atoms with Crippen molar-refractivity contribution in [3.05, 3.63) is 29.0 Å². The van der Waals surface area contributed by atoms with Gasteiger partial charge in [0.15, 0.2) is 0 Å². The molecular formula is C18H26ClN3O3. The fourth-order valence-corrected chi connectivity index (χ4v) is 2.91. The van der Waals surface area contributed by atoms with E-state index in [0.717, 1.165) is 25.8 Å². The van der Waals surface area contributed by atoms with E-state index in [4.69, 9.17) is 16.3 Å². The summed E-state index contributed by atoms with van der Waals surface area (Å²) in [6.45, 7) is 7.57. The first kappa shape index (κ1) is 19.5. The van der Waals surface area contributed by atoms with Crippen LogP contribution in [-0.2, 0) is 4.74 Å². The van der Waals surface area contributed by atoms with E-state index in [9.17, 15) is 9.59 Å². The van der Waals surface area contributed by atoms with E-state index in [-0.39, 0.29) is 12.0 Å². The van der Waals surface area contributed by atoms with Gasteiger partial charge in [0.2, 0.25) is 0 Å². The molecule has 1 aliphatic rings. The first-order valence-corrected chi connectivity index (χ1v) is 9.00. The lowest BCUT2D eigenvalue weighted by molar-refractivity contribution is 0.0161. The first-order chi connectivity index (χ1) is 11.7. The molecule has 0 saturated carbocycles. The maximum Gasteiger partial charge on any atom is 0.410 e. The minimum Gasteiger partial charge on any atom is -0.444 e. The minimum absolute atomic E-state index is 0.163. The quantitative estimate of drug-likeness (QED) is 0.827. The van der Waals surface area contributed by atoms with Crippen LogP contribution in [0, 0.1) is 5.92 Å². The number of ether oxygens (including phenoxy) is 1. The molecule has 1 aliphatic heterocycles. The van der Waals surface area contributed by atoms with Crippen LogP contribution in [-0.4, -0.2) is 47.1 Å². The zero-order chi connectivity index (χ0) is 18.4. The molecule has 1 N–H and O–H groups in total. The number of halogens is 1. The minimum atomic E-state index is -0.482. The van der Waals surface area contributed by atoms with Gasteiger partial charge < -0.3 is 15.0 Å². The molecule has 1 aromatic heterocycles. The molecule has 0 radical (unpaired) electrons. The topological polar surface area (TPSA) is 71.5 Å². The molecule has 7 heteroatoms. The Kier molecular flexibility index (Phi) is 6.64. The lowest BCUT2D eigenvalue weighted by Crippen LogP contribution is -2.43. The third kappa shape index (κ3) is 6.53. The normalized spacial score (nSPS) is 17.9. The maximum atomic E-state index is 12.2. The molecular weight excluding hydrogens is 342 g/mol. The Labute approximate surface area is 153 Å². The molecule has 2 heterocycles. The number of hydrogen-bond donors (Lipinski definition) is 1. The number of carbonyl (C=O) groups excluding carboxylic acids is 2. The number of nitrogens with one attached hydrogen (secondary N) is 1. The van der Waals surface area contributed by atoms with Crippen LogP contribution in [0.1, 0.15) is 50.4 Å². The van der Waals surface area contributed by atoms with Crippen molar-refractivity contribution in [3.63, 3.8) is 0 Å². The first-order valence-electron chi connectivity index (χ1n) is 8.62. The predicted molar refractivity (Wildman–Crippen MR) is 96.7 cm³/mol. The number of carbonyl (C=O) groups is 2. The van der Waals surface area contributed by atoms with Crippen LogP contribution in [0.2, 0.25) is 5.15 Å². The number of rotatable bonds is 4. The van der Waals surface area contributed by atoms with Gasteiger partial charge in [0.05, 0.1) is 5.56 Å². The van der Waals surface area contributed by atoms with Crippen molar-refractivity contribution in [2.24, 2.45) is 5.92 Å². The van der Waals surface area contributed by atoms with Gasteiger partial charge in [-0.25, -0.2) is 9.78 Å². The Morgan fingerprint density at radius 1 is 1.40 bits per heavy atom. The van der Waals surface area contributed by atoms with Crippen molar-refractivity contribution in [2.75, 3.05) is 19.6 Å². The van der Waals surface area contributed by atoms with E-state index in [1.54, 1.807) is 17.0 Å². The van der Waals surface area contributed by atoms with Crippen molar-refractivity contribution in [1.82, 2.24) is 15.2 Å². The summed E-state index contributed by atoms with van der Waals surface area (Å²) in [6, 6.07) is 3.24. The third-order valence-corrected chi connectivity index (χ3v) is 4.22. The van der Waals surface area contributed by atoms with Crippen LogP contribution >= 0.6 is 11.6 Å². The third-order valence-electron chi connectivity index (χ3n) is 4.00. The van der Waals surface area contributed by atoms with Crippen LogP contribution in [0.3, 0.4) is 0 Å². The SMILES string of the molecule is CC(C)(C)OC(=O)N1CCCC(CCNC(=O)c2ccc(Cl)nc2)C1. The summed E-state index contributed by atoms with van der Waals surface area (Å²) in [6.07, 6.45) is 4.04.